The molecule has 1 aliphatic heterocycles. The number of hydrogen-bond donors (Lipinski definition) is 2. The third-order valence-corrected chi connectivity index (χ3v) is 2.13. The second kappa shape index (κ2) is 4.41. The zero-order valence-electron chi connectivity index (χ0n) is 8.05. The molecule has 0 amide bonds. The van der Waals surface area contributed by atoms with Crippen molar-refractivity contribution >= 4 is 5.97 Å². The van der Waals surface area contributed by atoms with Gasteiger partial charge in [-0.2, -0.15) is 0 Å². The number of aromatic nitrogens is 2. The molecule has 0 aromatic carbocycles. The Morgan fingerprint density at radius 1 is 1.73 bits per heavy atom. The van der Waals surface area contributed by atoms with Crippen LogP contribution in [0.5, 0.6) is 0 Å². The molecule has 0 bridgehead atoms. The second-order valence-corrected chi connectivity index (χ2v) is 3.36. The van der Waals surface area contributed by atoms with Gasteiger partial charge >= 0.3 is 5.97 Å². The number of carboxylic acid groups (broad SMARTS) is 1. The van der Waals surface area contributed by atoms with Gasteiger partial charge in [0.1, 0.15) is 5.82 Å². The Balaban J connectivity index is 1.80. The van der Waals surface area contributed by atoms with Crippen LogP contribution in [-0.4, -0.2) is 40.0 Å². The van der Waals surface area contributed by atoms with E-state index < -0.39 is 5.97 Å². The molecule has 6 heteroatoms. The highest BCUT2D eigenvalue weighted by Gasteiger charge is 2.28. The number of H-pyrrole nitrogens is 1. The average molecular weight is 212 g/mol. The van der Waals surface area contributed by atoms with E-state index in [1.165, 1.54) is 0 Å². The molecule has 1 saturated heterocycles. The molecule has 0 spiro atoms. The van der Waals surface area contributed by atoms with Crippen molar-refractivity contribution in [3.05, 3.63) is 18.2 Å². The van der Waals surface area contributed by atoms with E-state index in [4.69, 9.17) is 14.6 Å². The van der Waals surface area contributed by atoms with Crippen LogP contribution < -0.4 is 0 Å². The predicted molar refractivity (Wildman–Crippen MR) is 49.2 cm³/mol. The number of rotatable bonds is 4. The molecule has 1 fully saturated rings. The van der Waals surface area contributed by atoms with E-state index in [0.29, 0.717) is 13.0 Å². The van der Waals surface area contributed by atoms with Crippen molar-refractivity contribution < 1.29 is 19.4 Å². The number of carbonyl (C=O) groups is 1. The highest BCUT2D eigenvalue weighted by Crippen LogP contribution is 2.16. The number of aliphatic carboxylic acids is 1. The Labute approximate surface area is 86.2 Å². The first kappa shape index (κ1) is 10.1. The fourth-order valence-corrected chi connectivity index (χ4v) is 1.48. The molecule has 82 valence electrons. The molecular formula is C9H12N2O4. The Morgan fingerprint density at radius 3 is 3.27 bits per heavy atom. The van der Waals surface area contributed by atoms with Crippen LogP contribution in [0.4, 0.5) is 0 Å². The van der Waals surface area contributed by atoms with E-state index in [9.17, 15) is 4.79 Å². The van der Waals surface area contributed by atoms with E-state index >= 15 is 0 Å². The van der Waals surface area contributed by atoms with Gasteiger partial charge in [0.15, 0.2) is 6.29 Å². The molecule has 1 aromatic rings. The molecular weight excluding hydrogens is 200 g/mol. The maximum Gasteiger partial charge on any atom is 0.306 e. The van der Waals surface area contributed by atoms with Gasteiger partial charge in [-0.1, -0.05) is 0 Å². The summed E-state index contributed by atoms with van der Waals surface area (Å²) in [4.78, 5) is 17.4. The van der Waals surface area contributed by atoms with Crippen molar-refractivity contribution in [3.8, 4) is 0 Å². The normalized spacial score (nSPS) is 25.6. The van der Waals surface area contributed by atoms with Crippen molar-refractivity contribution in [1.29, 1.82) is 0 Å². The summed E-state index contributed by atoms with van der Waals surface area (Å²) in [6, 6.07) is 0. The Kier molecular flexibility index (Phi) is 2.98. The van der Waals surface area contributed by atoms with Crippen molar-refractivity contribution in [3.63, 3.8) is 0 Å². The van der Waals surface area contributed by atoms with Gasteiger partial charge in [-0.05, 0) is 0 Å². The maximum absolute atomic E-state index is 10.4. The van der Waals surface area contributed by atoms with Crippen LogP contribution in [0.3, 0.4) is 0 Å². The predicted octanol–water partition coefficient (Wildman–Crippen LogP) is 0.168. The summed E-state index contributed by atoms with van der Waals surface area (Å²) in [6.45, 7) is 0.331. The Hall–Kier alpha value is -1.40. The largest absolute Gasteiger partial charge is 0.481 e. The first-order valence-corrected chi connectivity index (χ1v) is 4.71. The van der Waals surface area contributed by atoms with E-state index in [1.54, 1.807) is 12.4 Å². The van der Waals surface area contributed by atoms with Gasteiger partial charge in [-0.25, -0.2) is 4.98 Å². The van der Waals surface area contributed by atoms with Crippen molar-refractivity contribution in [2.24, 2.45) is 0 Å². The number of imidazole rings is 1. The van der Waals surface area contributed by atoms with E-state index in [2.05, 4.69) is 9.97 Å². The van der Waals surface area contributed by atoms with Crippen LogP contribution in [0.2, 0.25) is 0 Å². The zero-order valence-corrected chi connectivity index (χ0v) is 8.05. The van der Waals surface area contributed by atoms with Crippen molar-refractivity contribution in [2.75, 3.05) is 6.61 Å². The van der Waals surface area contributed by atoms with Crippen LogP contribution in [-0.2, 0) is 20.7 Å². The summed E-state index contributed by atoms with van der Waals surface area (Å²) in [5.41, 5.74) is 0. The van der Waals surface area contributed by atoms with Gasteiger partial charge in [0, 0.05) is 12.4 Å². The minimum Gasteiger partial charge on any atom is -0.481 e. The monoisotopic (exact) mass is 212 g/mol. The molecule has 2 rings (SSSR count). The molecule has 1 aromatic heterocycles. The SMILES string of the molecule is O=C(O)CC1COC(Cc2ncc[nH]2)O1. The van der Waals surface area contributed by atoms with Crippen molar-refractivity contribution in [2.45, 2.75) is 25.2 Å². The first-order chi connectivity index (χ1) is 7.24. The van der Waals surface area contributed by atoms with Crippen LogP contribution in [0.1, 0.15) is 12.2 Å². The Bertz CT molecular complexity index is 325. The number of nitrogens with zero attached hydrogens (tertiary/aromatic N) is 1. The smallest absolute Gasteiger partial charge is 0.306 e. The molecule has 0 saturated carbocycles. The van der Waals surface area contributed by atoms with Gasteiger partial charge < -0.3 is 19.6 Å². The maximum atomic E-state index is 10.4. The fraction of sp³-hybridized carbons (Fsp3) is 0.556. The number of carboxylic acids is 1. The average Bonchev–Trinajstić information content (AvgIpc) is 2.77. The summed E-state index contributed by atoms with van der Waals surface area (Å²) in [7, 11) is 0. The van der Waals surface area contributed by atoms with Gasteiger partial charge in [0.05, 0.1) is 25.6 Å². The van der Waals surface area contributed by atoms with Crippen LogP contribution in [0.15, 0.2) is 12.4 Å². The molecule has 2 heterocycles. The zero-order chi connectivity index (χ0) is 10.7. The van der Waals surface area contributed by atoms with Crippen molar-refractivity contribution in [1.82, 2.24) is 9.97 Å². The summed E-state index contributed by atoms with van der Waals surface area (Å²) in [5, 5.41) is 8.56. The summed E-state index contributed by atoms with van der Waals surface area (Å²) >= 11 is 0. The highest BCUT2D eigenvalue weighted by atomic mass is 16.7. The van der Waals surface area contributed by atoms with Crippen LogP contribution in [0, 0.1) is 0 Å². The number of hydrogen-bond acceptors (Lipinski definition) is 4. The minimum atomic E-state index is -0.873. The summed E-state index contributed by atoms with van der Waals surface area (Å²) < 4.78 is 10.7. The lowest BCUT2D eigenvalue weighted by Gasteiger charge is -2.08. The highest BCUT2D eigenvalue weighted by molar-refractivity contribution is 5.67. The molecule has 15 heavy (non-hydrogen) atoms. The first-order valence-electron chi connectivity index (χ1n) is 4.71. The third-order valence-electron chi connectivity index (χ3n) is 2.13. The number of ether oxygens (including phenoxy) is 2. The van der Waals surface area contributed by atoms with Crippen LogP contribution in [0.25, 0.3) is 0 Å². The van der Waals surface area contributed by atoms with E-state index in [0.717, 1.165) is 5.82 Å². The minimum absolute atomic E-state index is 0.0192. The van der Waals surface area contributed by atoms with Gasteiger partial charge in [0.25, 0.3) is 0 Å². The van der Waals surface area contributed by atoms with Crippen LogP contribution >= 0.6 is 0 Å². The molecule has 6 nitrogen and oxygen atoms in total. The number of nitrogens with one attached hydrogen (secondary N) is 1. The standard InChI is InChI=1S/C9H12N2O4/c12-8(13)3-6-5-14-9(15-6)4-7-10-1-2-11-7/h1-2,6,9H,3-5H2,(H,10,11)(H,12,13). The molecule has 1 aliphatic rings. The van der Waals surface area contributed by atoms with E-state index in [-0.39, 0.29) is 18.8 Å². The summed E-state index contributed by atoms with van der Waals surface area (Å²) in [6.07, 6.45) is 3.14. The molecule has 2 unspecified atom stereocenters. The lowest BCUT2D eigenvalue weighted by Crippen LogP contribution is -2.18. The fourth-order valence-electron chi connectivity index (χ4n) is 1.48. The lowest BCUT2D eigenvalue weighted by molar-refractivity contribution is -0.140. The third kappa shape index (κ3) is 2.77. The van der Waals surface area contributed by atoms with Gasteiger partial charge in [0.2, 0.25) is 0 Å². The second-order valence-electron chi connectivity index (χ2n) is 3.36. The van der Waals surface area contributed by atoms with Gasteiger partial charge in [-0.15, -0.1) is 0 Å². The van der Waals surface area contributed by atoms with E-state index in [1.807, 2.05) is 0 Å². The topological polar surface area (TPSA) is 84.4 Å². The lowest BCUT2D eigenvalue weighted by atomic mass is 10.3. The molecule has 0 radical (unpaired) electrons. The Morgan fingerprint density at radius 2 is 2.60 bits per heavy atom. The molecule has 0 aliphatic carbocycles. The summed E-state index contributed by atoms with van der Waals surface area (Å²) in [5.74, 6) is -0.0989. The van der Waals surface area contributed by atoms with Gasteiger partial charge in [-0.3, -0.25) is 4.79 Å². The number of aromatic amines is 1. The quantitative estimate of drug-likeness (QED) is 0.743. The molecule has 2 atom stereocenters. The molecule has 2 N–H and O–H groups in total.